The molecule has 2 nitrogen and oxygen atoms in total. The lowest BCUT2D eigenvalue weighted by molar-refractivity contribution is 0.0338. The first kappa shape index (κ1) is 14.8. The standard InChI is InChI=1S/C18H22O2/c1-14(13-19)18(2,16-11-7-4-8-12-16)17(20)15-9-5-3-6-10-15/h3-12,14,17,19-20H,13H2,1-2H3/t14-,17?,18?/m1/s1. The Labute approximate surface area is 120 Å². The lowest BCUT2D eigenvalue weighted by Gasteiger charge is -2.40. The monoisotopic (exact) mass is 270 g/mol. The average molecular weight is 270 g/mol. The summed E-state index contributed by atoms with van der Waals surface area (Å²) in [6.07, 6.45) is -0.659. The van der Waals surface area contributed by atoms with Gasteiger partial charge in [0.2, 0.25) is 0 Å². The maximum absolute atomic E-state index is 10.9. The molecule has 0 fully saturated rings. The summed E-state index contributed by atoms with van der Waals surface area (Å²) in [7, 11) is 0. The Kier molecular flexibility index (Phi) is 4.58. The highest BCUT2D eigenvalue weighted by Crippen LogP contribution is 2.42. The number of hydrogen-bond acceptors (Lipinski definition) is 2. The number of rotatable bonds is 5. The Morgan fingerprint density at radius 1 is 0.950 bits per heavy atom. The second-order valence-electron chi connectivity index (χ2n) is 5.55. The predicted octanol–water partition coefficient (Wildman–Crippen LogP) is 3.31. The molecule has 106 valence electrons. The van der Waals surface area contributed by atoms with Crippen molar-refractivity contribution in [2.75, 3.05) is 6.61 Å². The van der Waals surface area contributed by atoms with E-state index in [1.54, 1.807) is 0 Å². The van der Waals surface area contributed by atoms with Crippen LogP contribution in [0.2, 0.25) is 0 Å². The Balaban J connectivity index is 2.48. The van der Waals surface area contributed by atoms with E-state index in [1.807, 2.05) is 74.5 Å². The summed E-state index contributed by atoms with van der Waals surface area (Å²) in [4.78, 5) is 0. The van der Waals surface area contributed by atoms with E-state index in [2.05, 4.69) is 0 Å². The Bertz CT molecular complexity index is 524. The number of benzene rings is 2. The van der Waals surface area contributed by atoms with E-state index in [9.17, 15) is 10.2 Å². The van der Waals surface area contributed by atoms with Gasteiger partial charge in [0.1, 0.15) is 0 Å². The molecule has 3 atom stereocenters. The van der Waals surface area contributed by atoms with Crippen molar-refractivity contribution >= 4 is 0 Å². The Morgan fingerprint density at radius 3 is 1.95 bits per heavy atom. The average Bonchev–Trinajstić information content (AvgIpc) is 2.54. The minimum absolute atomic E-state index is 0.0370. The molecule has 0 amide bonds. The molecular formula is C18H22O2. The summed E-state index contributed by atoms with van der Waals surface area (Å²) < 4.78 is 0. The van der Waals surface area contributed by atoms with Gasteiger partial charge in [-0.3, -0.25) is 0 Å². The highest BCUT2D eigenvalue weighted by Gasteiger charge is 2.40. The van der Waals surface area contributed by atoms with Crippen LogP contribution in [0.15, 0.2) is 60.7 Å². The first-order valence-electron chi connectivity index (χ1n) is 7.00. The van der Waals surface area contributed by atoms with Gasteiger partial charge in [-0.2, -0.15) is 0 Å². The molecular weight excluding hydrogens is 248 g/mol. The molecule has 0 spiro atoms. The number of aliphatic hydroxyl groups excluding tert-OH is 2. The van der Waals surface area contributed by atoms with Gasteiger partial charge in [-0.25, -0.2) is 0 Å². The normalized spacial score (nSPS) is 17.2. The largest absolute Gasteiger partial charge is 0.396 e. The quantitative estimate of drug-likeness (QED) is 0.875. The van der Waals surface area contributed by atoms with Gasteiger partial charge in [0.05, 0.1) is 6.10 Å². The van der Waals surface area contributed by atoms with E-state index < -0.39 is 11.5 Å². The van der Waals surface area contributed by atoms with Gasteiger partial charge in [-0.1, -0.05) is 74.5 Å². The summed E-state index contributed by atoms with van der Waals surface area (Å²) in [5, 5.41) is 20.5. The molecule has 0 bridgehead atoms. The summed E-state index contributed by atoms with van der Waals surface area (Å²) in [5.74, 6) is -0.0555. The van der Waals surface area contributed by atoms with Gasteiger partial charge in [-0.05, 0) is 17.0 Å². The molecule has 2 aromatic carbocycles. The molecule has 0 radical (unpaired) electrons. The van der Waals surface area contributed by atoms with Crippen LogP contribution in [0, 0.1) is 5.92 Å². The van der Waals surface area contributed by atoms with Crippen molar-refractivity contribution in [3.8, 4) is 0 Å². The minimum atomic E-state index is -0.659. The molecule has 0 aliphatic carbocycles. The molecule has 0 heterocycles. The Morgan fingerprint density at radius 2 is 1.45 bits per heavy atom. The van der Waals surface area contributed by atoms with Gasteiger partial charge >= 0.3 is 0 Å². The van der Waals surface area contributed by atoms with E-state index in [4.69, 9.17) is 0 Å². The highest BCUT2D eigenvalue weighted by atomic mass is 16.3. The fourth-order valence-electron chi connectivity index (χ4n) is 2.68. The maximum atomic E-state index is 10.9. The van der Waals surface area contributed by atoms with Crippen LogP contribution in [0.4, 0.5) is 0 Å². The van der Waals surface area contributed by atoms with Gasteiger partial charge in [0, 0.05) is 12.0 Å². The van der Waals surface area contributed by atoms with Crippen LogP contribution in [0.3, 0.4) is 0 Å². The lowest BCUT2D eigenvalue weighted by atomic mass is 9.67. The van der Waals surface area contributed by atoms with Crippen LogP contribution in [-0.2, 0) is 5.41 Å². The molecule has 2 unspecified atom stereocenters. The summed E-state index contributed by atoms with van der Waals surface area (Å²) >= 11 is 0. The molecule has 0 saturated heterocycles. The molecule has 2 N–H and O–H groups in total. The van der Waals surface area contributed by atoms with Crippen molar-refractivity contribution in [2.24, 2.45) is 5.92 Å². The smallest absolute Gasteiger partial charge is 0.0887 e. The zero-order chi connectivity index (χ0) is 14.6. The van der Waals surface area contributed by atoms with Gasteiger partial charge in [0.25, 0.3) is 0 Å². The fraction of sp³-hybridized carbons (Fsp3) is 0.333. The van der Waals surface area contributed by atoms with Crippen molar-refractivity contribution in [1.82, 2.24) is 0 Å². The van der Waals surface area contributed by atoms with Gasteiger partial charge in [0.15, 0.2) is 0 Å². The SMILES string of the molecule is C[C@H](CO)C(C)(c1ccccc1)C(O)c1ccccc1. The molecule has 20 heavy (non-hydrogen) atoms. The van der Waals surface area contributed by atoms with Crippen molar-refractivity contribution in [1.29, 1.82) is 0 Å². The molecule has 2 heteroatoms. The molecule has 2 aromatic rings. The molecule has 0 aliphatic rings. The highest BCUT2D eigenvalue weighted by molar-refractivity contribution is 5.32. The van der Waals surface area contributed by atoms with Gasteiger partial charge in [-0.15, -0.1) is 0 Å². The number of aliphatic hydroxyl groups is 2. The molecule has 0 aliphatic heterocycles. The van der Waals surface area contributed by atoms with Crippen LogP contribution in [0.25, 0.3) is 0 Å². The molecule has 0 saturated carbocycles. The van der Waals surface area contributed by atoms with E-state index >= 15 is 0 Å². The second kappa shape index (κ2) is 6.21. The third kappa shape index (κ3) is 2.62. The summed E-state index contributed by atoms with van der Waals surface area (Å²) in [6.45, 7) is 4.02. The molecule has 2 rings (SSSR count). The molecule has 0 aromatic heterocycles. The third-order valence-electron chi connectivity index (χ3n) is 4.38. The van der Waals surface area contributed by atoms with Crippen LogP contribution in [-0.4, -0.2) is 16.8 Å². The van der Waals surface area contributed by atoms with Crippen LogP contribution in [0.5, 0.6) is 0 Å². The van der Waals surface area contributed by atoms with Crippen LogP contribution in [0.1, 0.15) is 31.1 Å². The van der Waals surface area contributed by atoms with E-state index in [0.29, 0.717) is 0 Å². The second-order valence-corrected chi connectivity index (χ2v) is 5.55. The van der Waals surface area contributed by atoms with Crippen molar-refractivity contribution in [2.45, 2.75) is 25.4 Å². The van der Waals surface area contributed by atoms with Crippen LogP contribution < -0.4 is 0 Å². The van der Waals surface area contributed by atoms with E-state index in [-0.39, 0.29) is 12.5 Å². The van der Waals surface area contributed by atoms with E-state index in [1.165, 1.54) is 0 Å². The summed E-state index contributed by atoms with van der Waals surface area (Å²) in [5.41, 5.74) is 1.38. The lowest BCUT2D eigenvalue weighted by Crippen LogP contribution is -2.39. The fourth-order valence-corrected chi connectivity index (χ4v) is 2.68. The van der Waals surface area contributed by atoms with Crippen molar-refractivity contribution < 1.29 is 10.2 Å². The zero-order valence-electron chi connectivity index (χ0n) is 12.0. The van der Waals surface area contributed by atoms with E-state index in [0.717, 1.165) is 11.1 Å². The van der Waals surface area contributed by atoms with Crippen molar-refractivity contribution in [3.05, 3.63) is 71.8 Å². The first-order chi connectivity index (χ1) is 9.60. The summed E-state index contributed by atoms with van der Waals surface area (Å²) in [6, 6.07) is 19.6. The van der Waals surface area contributed by atoms with Crippen LogP contribution >= 0.6 is 0 Å². The van der Waals surface area contributed by atoms with Gasteiger partial charge < -0.3 is 10.2 Å². The topological polar surface area (TPSA) is 40.5 Å². The zero-order valence-corrected chi connectivity index (χ0v) is 12.0. The third-order valence-corrected chi connectivity index (χ3v) is 4.38. The maximum Gasteiger partial charge on any atom is 0.0887 e. The minimum Gasteiger partial charge on any atom is -0.396 e. The number of hydrogen-bond donors (Lipinski definition) is 2. The first-order valence-corrected chi connectivity index (χ1v) is 7.00. The Hall–Kier alpha value is -1.64. The van der Waals surface area contributed by atoms with Crippen molar-refractivity contribution in [3.63, 3.8) is 0 Å². The predicted molar refractivity (Wildman–Crippen MR) is 81.4 cm³/mol.